The molecule has 49 heavy (non-hydrogen) atoms. The molecule has 0 radical (unpaired) electrons. The van der Waals surface area contributed by atoms with Crippen molar-refractivity contribution in [2.45, 2.75) is 57.7 Å². The second-order valence-electron chi connectivity index (χ2n) is 12.6. The van der Waals surface area contributed by atoms with Gasteiger partial charge in [-0.05, 0) is 57.3 Å². The first-order valence-electron chi connectivity index (χ1n) is 16.4. The number of guanidine groups is 1. The number of hydrogen-bond acceptors (Lipinski definition) is 15. The SMILES string of the molecule is CCOC(=O)C1=C/C(=C\CN2C=CNC2N2CN=C3C(=O)N=C(N)N=C32)c2c(OC)c3c(c(CO)c2O1)O[C@H]([C@](C)(O)C1CCNCC1)C3. The summed E-state index contributed by atoms with van der Waals surface area (Å²) in [4.78, 5) is 41.5. The van der Waals surface area contributed by atoms with E-state index in [-0.39, 0.29) is 42.4 Å². The normalized spacial score (nSPS) is 24.8. The molecule has 6 N–H and O–H groups in total. The molecule has 16 nitrogen and oxygen atoms in total. The number of benzene rings is 1. The first-order chi connectivity index (χ1) is 23.7. The number of amidine groups is 1. The highest BCUT2D eigenvalue weighted by Crippen LogP contribution is 2.54. The molecule has 1 saturated heterocycles. The topological polar surface area (TPSA) is 205 Å². The van der Waals surface area contributed by atoms with Crippen LogP contribution in [0, 0.1) is 5.92 Å². The zero-order chi connectivity index (χ0) is 34.4. The first kappa shape index (κ1) is 32.6. The zero-order valence-corrected chi connectivity index (χ0v) is 27.6. The number of aliphatic imine (C=N–C) groups is 3. The molecule has 1 aromatic carbocycles. The number of nitrogens with one attached hydrogen (secondary N) is 2. The van der Waals surface area contributed by atoms with Crippen molar-refractivity contribution in [3.63, 3.8) is 0 Å². The second kappa shape index (κ2) is 12.8. The van der Waals surface area contributed by atoms with Crippen molar-refractivity contribution >= 4 is 35.0 Å². The van der Waals surface area contributed by atoms with Crippen LogP contribution in [-0.4, -0.2) is 107 Å². The molecule has 0 bridgehead atoms. The number of amides is 1. The Bertz CT molecular complexity index is 1760. The monoisotopic (exact) mass is 676 g/mol. The summed E-state index contributed by atoms with van der Waals surface area (Å²) in [6, 6.07) is 0. The average molecular weight is 677 g/mol. The number of aliphatic hydroxyl groups excluding tert-OH is 1. The van der Waals surface area contributed by atoms with Crippen LogP contribution in [0.2, 0.25) is 0 Å². The predicted octanol–water partition coefficient (Wildman–Crippen LogP) is 0.0919. The highest BCUT2D eigenvalue weighted by molar-refractivity contribution is 6.69. The summed E-state index contributed by atoms with van der Waals surface area (Å²) < 4.78 is 24.0. The third-order valence-electron chi connectivity index (χ3n) is 9.79. The number of hydrogen-bond donors (Lipinski definition) is 5. The number of carbonyl (C=O) groups is 2. The number of aliphatic hydroxyl groups is 2. The van der Waals surface area contributed by atoms with Crippen molar-refractivity contribution in [2.24, 2.45) is 26.6 Å². The Balaban J connectivity index is 1.25. The van der Waals surface area contributed by atoms with Gasteiger partial charge >= 0.3 is 11.9 Å². The van der Waals surface area contributed by atoms with Crippen LogP contribution in [0.3, 0.4) is 0 Å². The van der Waals surface area contributed by atoms with Crippen LogP contribution in [0.15, 0.2) is 45.3 Å². The summed E-state index contributed by atoms with van der Waals surface area (Å²) in [5.41, 5.74) is 6.96. The van der Waals surface area contributed by atoms with Gasteiger partial charge in [-0.15, -0.1) is 0 Å². The van der Waals surface area contributed by atoms with E-state index in [9.17, 15) is 19.8 Å². The molecule has 0 spiro atoms. The lowest BCUT2D eigenvalue weighted by atomic mass is 9.77. The number of methoxy groups -OCH3 is 1. The van der Waals surface area contributed by atoms with E-state index in [0.717, 1.165) is 25.9 Å². The van der Waals surface area contributed by atoms with Gasteiger partial charge in [0.2, 0.25) is 11.7 Å². The van der Waals surface area contributed by atoms with E-state index in [4.69, 9.17) is 24.7 Å². The number of carbonyl (C=O) groups excluding carboxylic acids is 2. The van der Waals surface area contributed by atoms with Gasteiger partial charge in [0.05, 0.1) is 31.5 Å². The number of nitrogens with two attached hydrogens (primary N) is 1. The molecule has 6 heterocycles. The maximum atomic E-state index is 13.1. The zero-order valence-electron chi connectivity index (χ0n) is 27.6. The Labute approximate surface area is 282 Å². The van der Waals surface area contributed by atoms with Crippen LogP contribution in [0.5, 0.6) is 17.2 Å². The number of piperidine rings is 1. The molecule has 0 aliphatic carbocycles. The summed E-state index contributed by atoms with van der Waals surface area (Å²) in [6.07, 6.45) is 8.01. The lowest BCUT2D eigenvalue weighted by Gasteiger charge is -2.39. The molecule has 1 aromatic rings. The smallest absolute Gasteiger partial charge is 0.374 e. The number of allylic oxidation sites excluding steroid dienone is 2. The van der Waals surface area contributed by atoms with Crippen LogP contribution >= 0.6 is 0 Å². The van der Waals surface area contributed by atoms with Gasteiger partial charge in [-0.1, -0.05) is 6.08 Å². The Hall–Kier alpha value is -4.93. The van der Waals surface area contributed by atoms with Crippen molar-refractivity contribution in [1.82, 2.24) is 20.4 Å². The van der Waals surface area contributed by atoms with Crippen LogP contribution < -0.4 is 30.6 Å². The summed E-state index contributed by atoms with van der Waals surface area (Å²) in [6.45, 7) is 5.30. The molecule has 6 aliphatic heterocycles. The molecule has 0 aromatic heterocycles. The van der Waals surface area contributed by atoms with E-state index in [2.05, 4.69) is 25.6 Å². The number of nitrogens with zero attached hydrogens (tertiary/aromatic N) is 5. The van der Waals surface area contributed by atoms with Crippen LogP contribution in [0.1, 0.15) is 43.4 Å². The molecule has 1 amide bonds. The minimum atomic E-state index is -1.15. The summed E-state index contributed by atoms with van der Waals surface area (Å²) in [5, 5.41) is 29.2. The third kappa shape index (κ3) is 5.58. The first-order valence-corrected chi connectivity index (χ1v) is 16.4. The standard InChI is InChI=1S/C33H40N8O8/c1-4-47-30(44)21-13-17(7-11-40-12-10-36-32(40)41-16-37-24-28(41)38-31(34)39-29(24)43)23-26(46-3)19-14-22(33(2,45)18-5-8-35-9-6-18)49-25(19)20(15-42)27(23)48-21/h7,10,12-13,18,22,32,35-36,42,45H,4-6,8-9,11,14-16H2,1-3H3,(H2,34,39,43)/b17-7+/t22-,32?,33+/m0/s1. The van der Waals surface area contributed by atoms with Gasteiger partial charge < -0.3 is 50.4 Å². The number of esters is 1. The van der Waals surface area contributed by atoms with Gasteiger partial charge in [-0.25, -0.2) is 4.79 Å². The molecular weight excluding hydrogens is 636 g/mol. The fourth-order valence-electron chi connectivity index (χ4n) is 7.27. The summed E-state index contributed by atoms with van der Waals surface area (Å²) in [7, 11) is 1.55. The molecule has 3 atom stereocenters. The Morgan fingerprint density at radius 1 is 1.27 bits per heavy atom. The van der Waals surface area contributed by atoms with Gasteiger partial charge in [0, 0.05) is 30.9 Å². The van der Waals surface area contributed by atoms with E-state index >= 15 is 0 Å². The Kier molecular flexibility index (Phi) is 8.54. The van der Waals surface area contributed by atoms with Crippen LogP contribution in [0.25, 0.3) is 5.57 Å². The van der Waals surface area contributed by atoms with Gasteiger partial charge in [0.25, 0.3) is 0 Å². The largest absolute Gasteiger partial charge is 0.496 e. The fourth-order valence-corrected chi connectivity index (χ4v) is 7.27. The highest BCUT2D eigenvalue weighted by Gasteiger charge is 2.48. The van der Waals surface area contributed by atoms with Crippen molar-refractivity contribution < 1.29 is 38.7 Å². The van der Waals surface area contributed by atoms with Gasteiger partial charge in [0.1, 0.15) is 35.6 Å². The predicted molar refractivity (Wildman–Crippen MR) is 178 cm³/mol. The van der Waals surface area contributed by atoms with E-state index in [0.29, 0.717) is 52.6 Å². The van der Waals surface area contributed by atoms with Crippen LogP contribution in [-0.2, 0) is 27.4 Å². The summed E-state index contributed by atoms with van der Waals surface area (Å²) in [5.74, 6) is -0.00758. The Morgan fingerprint density at radius 2 is 2.06 bits per heavy atom. The highest BCUT2D eigenvalue weighted by atomic mass is 16.6. The van der Waals surface area contributed by atoms with Crippen molar-refractivity contribution in [2.75, 3.05) is 40.0 Å². The molecule has 1 unspecified atom stereocenters. The molecule has 1 fully saturated rings. The maximum Gasteiger partial charge on any atom is 0.374 e. The molecule has 16 heteroatoms. The van der Waals surface area contributed by atoms with Gasteiger partial charge in [-0.3, -0.25) is 14.7 Å². The molecule has 260 valence electrons. The van der Waals surface area contributed by atoms with Crippen molar-refractivity contribution in [3.05, 3.63) is 47.0 Å². The van der Waals surface area contributed by atoms with E-state index in [1.54, 1.807) is 31.2 Å². The van der Waals surface area contributed by atoms with Crippen LogP contribution in [0.4, 0.5) is 0 Å². The van der Waals surface area contributed by atoms with E-state index in [1.807, 2.05) is 24.1 Å². The van der Waals surface area contributed by atoms with Gasteiger partial charge in [-0.2, -0.15) is 9.98 Å². The summed E-state index contributed by atoms with van der Waals surface area (Å²) >= 11 is 0. The van der Waals surface area contributed by atoms with E-state index < -0.39 is 36.5 Å². The fraction of sp³-hybridized carbons (Fsp3) is 0.485. The lowest BCUT2D eigenvalue weighted by Crippen LogP contribution is -2.53. The minimum Gasteiger partial charge on any atom is -0.496 e. The minimum absolute atomic E-state index is 0.0172. The number of rotatable bonds is 9. The quantitative estimate of drug-likeness (QED) is 0.220. The third-order valence-corrected chi connectivity index (χ3v) is 9.79. The molecule has 0 saturated carbocycles. The van der Waals surface area contributed by atoms with Gasteiger partial charge in [0.15, 0.2) is 17.8 Å². The molecular formula is C33H40N8O8. The van der Waals surface area contributed by atoms with Crippen molar-refractivity contribution in [1.29, 1.82) is 0 Å². The average Bonchev–Trinajstić information content (AvgIpc) is 3.85. The van der Waals surface area contributed by atoms with E-state index in [1.165, 1.54) is 0 Å². The van der Waals surface area contributed by atoms with Crippen molar-refractivity contribution in [3.8, 4) is 17.2 Å². The maximum absolute atomic E-state index is 13.1. The number of ether oxygens (including phenoxy) is 4. The number of fused-ring (bicyclic) bond motifs is 3. The second-order valence-corrected chi connectivity index (χ2v) is 12.6. The Morgan fingerprint density at radius 3 is 2.80 bits per heavy atom. The molecule has 6 aliphatic rings. The lowest BCUT2D eigenvalue weighted by molar-refractivity contribution is -0.141. The molecule has 7 rings (SSSR count).